The fourth-order valence-electron chi connectivity index (χ4n) is 15.8. The lowest BCUT2D eigenvalue weighted by atomic mass is 9.80. The molecule has 0 aliphatic heterocycles. The van der Waals surface area contributed by atoms with E-state index in [9.17, 15) is 80.9 Å². The highest BCUT2D eigenvalue weighted by Crippen LogP contribution is 2.52. The van der Waals surface area contributed by atoms with Crippen molar-refractivity contribution >= 4 is 91.0 Å². The van der Waals surface area contributed by atoms with Crippen LogP contribution in [0.4, 0.5) is 91.0 Å². The first kappa shape index (κ1) is 96.2. The van der Waals surface area contributed by atoms with Gasteiger partial charge in [-0.1, -0.05) is 125 Å². The minimum Gasteiger partial charge on any atom is -0.491 e. The standard InChI is InChI=1S/C96H96N16O24/c1-61-65-53-67(91(131-47-39-99-75-23-7-15-31-83(75)107(117)118)57-89(65)129-45-37-97-73-21-5-13-29-81(73)105(113)114)62(2)69-55-71(95(135-51-43-103-79-27-11-19-35-87(79)111(125)126)59-93(69)133-49-41-101-77-25-9-17-33-85(77)109(121)122)64(4)72-56-70(94(134-50-42-102-78-26-10-18-34-86(78)110(123)124)60-96(72)136-52-44-104-80-28-12-20-36-88(80)112(127)128)63(3)68-54-66(61)90(130-46-38-98-74-22-6-14-30-82(74)106(115)116)58-92(68)132-48-40-100-76-24-8-16-32-84(76)108(119)120/h5-36,53-64,97-104H,37-52H2,1-4H3. The molecule has 40 nitrogen and oxygen atoms in total. The molecule has 0 saturated heterocycles. The molecule has 12 aromatic carbocycles. The predicted octanol–water partition coefficient (Wildman–Crippen LogP) is 19.8. The highest BCUT2D eigenvalue weighted by Gasteiger charge is 2.34. The molecule has 0 heterocycles. The van der Waals surface area contributed by atoms with Gasteiger partial charge < -0.3 is 80.4 Å². The van der Waals surface area contributed by atoms with Crippen molar-refractivity contribution in [3.63, 3.8) is 0 Å². The summed E-state index contributed by atoms with van der Waals surface area (Å²) in [5, 5.41) is 125. The second kappa shape index (κ2) is 45.9. The van der Waals surface area contributed by atoms with Gasteiger partial charge in [-0.25, -0.2) is 0 Å². The van der Waals surface area contributed by atoms with Gasteiger partial charge in [0.15, 0.2) is 0 Å². The molecule has 8 N–H and O–H groups in total. The normalized spacial score (nSPS) is 13.5. The van der Waals surface area contributed by atoms with Gasteiger partial charge in [-0.2, -0.15) is 0 Å². The van der Waals surface area contributed by atoms with E-state index in [0.29, 0.717) is 44.5 Å². The van der Waals surface area contributed by atoms with Gasteiger partial charge in [0.25, 0.3) is 45.5 Å². The summed E-state index contributed by atoms with van der Waals surface area (Å²) in [5.74, 6) is -2.01. The van der Waals surface area contributed by atoms with Crippen LogP contribution in [0.1, 0.15) is 95.9 Å². The molecule has 1 aliphatic carbocycles. The van der Waals surface area contributed by atoms with Crippen molar-refractivity contribution in [1.82, 2.24) is 0 Å². The number of ether oxygens (including phenoxy) is 8. The van der Waals surface area contributed by atoms with E-state index < -0.39 is 63.1 Å². The lowest BCUT2D eigenvalue weighted by molar-refractivity contribution is -0.384. The van der Waals surface area contributed by atoms with E-state index in [1.54, 1.807) is 121 Å². The first-order chi connectivity index (χ1) is 65.8. The largest absolute Gasteiger partial charge is 0.491 e. The molecular formula is C96H96N16O24. The Balaban J connectivity index is 1.06. The van der Waals surface area contributed by atoms with E-state index in [0.717, 1.165) is 0 Å². The minimum absolute atomic E-state index is 0.0213. The number of rotatable bonds is 48. The molecule has 0 amide bonds. The third-order valence-corrected chi connectivity index (χ3v) is 22.5. The maximum absolute atomic E-state index is 12.4. The lowest BCUT2D eigenvalue weighted by Crippen LogP contribution is -2.19. The summed E-state index contributed by atoms with van der Waals surface area (Å²) in [4.78, 5) is 95.4. The maximum Gasteiger partial charge on any atom is 0.292 e. The summed E-state index contributed by atoms with van der Waals surface area (Å²) < 4.78 is 56.0. The number of nitro benzene ring substituents is 8. The molecule has 0 radical (unpaired) electrons. The summed E-state index contributed by atoms with van der Waals surface area (Å²) in [6, 6.07) is 62.9. The van der Waals surface area contributed by atoms with Crippen LogP contribution in [0, 0.1) is 80.9 Å². The Bertz CT molecular complexity index is 5260. The van der Waals surface area contributed by atoms with Crippen molar-refractivity contribution in [2.45, 2.75) is 51.4 Å². The van der Waals surface area contributed by atoms with Crippen molar-refractivity contribution in [3.05, 3.63) is 368 Å². The Labute approximate surface area is 777 Å². The summed E-state index contributed by atoms with van der Waals surface area (Å²) in [6.07, 6.45) is 0. The number of hydrogen-bond acceptors (Lipinski definition) is 32. The Morgan fingerprint density at radius 1 is 0.191 bits per heavy atom. The summed E-state index contributed by atoms with van der Waals surface area (Å²) in [6.45, 7) is 6.09. The number of anilines is 8. The van der Waals surface area contributed by atoms with Crippen LogP contribution in [-0.2, 0) is 0 Å². The lowest BCUT2D eigenvalue weighted by Gasteiger charge is -2.30. The van der Waals surface area contributed by atoms with E-state index >= 15 is 0 Å². The number of hydrogen-bond donors (Lipinski definition) is 8. The van der Waals surface area contributed by atoms with Gasteiger partial charge in [0.2, 0.25) is 0 Å². The number of nitrogens with zero attached hydrogens (tertiary/aromatic N) is 8. The van der Waals surface area contributed by atoms with Crippen LogP contribution in [0.2, 0.25) is 0 Å². The van der Waals surface area contributed by atoms with Crippen molar-refractivity contribution < 1.29 is 77.3 Å². The number of nitro groups is 8. The van der Waals surface area contributed by atoms with E-state index in [2.05, 4.69) is 42.5 Å². The third kappa shape index (κ3) is 24.1. The van der Waals surface area contributed by atoms with Crippen LogP contribution in [0.3, 0.4) is 0 Å². The first-order valence-electron chi connectivity index (χ1n) is 43.3. The Kier molecular flexibility index (Phi) is 32.5. The molecule has 13 rings (SSSR count). The van der Waals surface area contributed by atoms with Crippen LogP contribution in [0.5, 0.6) is 46.0 Å². The van der Waals surface area contributed by atoms with Gasteiger partial charge in [-0.15, -0.1) is 0 Å². The molecule has 704 valence electrons. The van der Waals surface area contributed by atoms with Crippen molar-refractivity contribution in [3.8, 4) is 46.0 Å². The van der Waals surface area contributed by atoms with Crippen molar-refractivity contribution in [2.75, 3.05) is 148 Å². The number of para-hydroxylation sites is 16. The number of nitrogens with one attached hydrogen (secondary N) is 8. The fraction of sp³-hybridized carbons (Fsp3) is 0.250. The van der Waals surface area contributed by atoms with E-state index in [1.807, 2.05) is 52.0 Å². The van der Waals surface area contributed by atoms with Gasteiger partial charge in [0.1, 0.15) is 144 Å². The monoisotopic (exact) mass is 1860 g/mol. The molecular weight excluding hydrogens is 1760 g/mol. The summed E-state index contributed by atoms with van der Waals surface area (Å²) >= 11 is 0. The van der Waals surface area contributed by atoms with E-state index in [1.165, 1.54) is 97.1 Å². The zero-order chi connectivity index (χ0) is 96.3. The molecule has 0 spiro atoms. The third-order valence-electron chi connectivity index (χ3n) is 22.5. The number of benzene rings is 12. The van der Waals surface area contributed by atoms with Crippen LogP contribution in [0.25, 0.3) is 0 Å². The summed E-state index contributed by atoms with van der Waals surface area (Å²) in [5.41, 5.74) is 3.53. The Hall–Kier alpha value is -17.4. The average molecular weight is 1860 g/mol. The Morgan fingerprint density at radius 3 is 0.412 bits per heavy atom. The predicted molar refractivity (Wildman–Crippen MR) is 512 cm³/mol. The molecule has 40 heteroatoms. The molecule has 0 atom stereocenters. The molecule has 0 unspecified atom stereocenters. The second-order valence-electron chi connectivity index (χ2n) is 31.0. The topological polar surface area (TPSA) is 515 Å². The zero-order valence-electron chi connectivity index (χ0n) is 74.1. The highest BCUT2D eigenvalue weighted by atomic mass is 16.7. The SMILES string of the molecule is CC1c2cc(c(OCCNc3ccccc3[N+](=O)[O-])cc2OCCNc2ccccc2[N+](=O)[O-])C(C)c2cc(c(OCCNc3ccccc3[N+](=O)[O-])cc2OCCNc2ccccc2[N+](=O)[O-])C(C)c2cc(c(OCCNc3ccccc3[N+](=O)[O-])cc2OCCNc2ccccc2[N+](=O)[O-])C(C)c2cc1c(OCCNc1ccccc1[N+](=O)[O-])cc2OCCNc1ccccc1[N+](=O)[O-]. The quantitative estimate of drug-likeness (QED) is 0.00997. The average Bonchev–Trinajstić information content (AvgIpc) is 0.749. The van der Waals surface area contributed by atoms with Gasteiger partial charge in [-0.05, 0) is 72.8 Å². The minimum atomic E-state index is -0.896. The summed E-state index contributed by atoms with van der Waals surface area (Å²) in [7, 11) is 0. The van der Waals surface area contributed by atoms with Crippen LogP contribution in [-0.4, -0.2) is 145 Å². The van der Waals surface area contributed by atoms with Crippen LogP contribution >= 0.6 is 0 Å². The highest BCUT2D eigenvalue weighted by molar-refractivity contribution is 5.69. The Morgan fingerprint density at radius 2 is 0.301 bits per heavy atom. The van der Waals surface area contributed by atoms with Crippen molar-refractivity contribution in [1.29, 1.82) is 0 Å². The fourth-order valence-corrected chi connectivity index (χ4v) is 15.8. The smallest absolute Gasteiger partial charge is 0.292 e. The molecule has 1 aliphatic rings. The van der Waals surface area contributed by atoms with Gasteiger partial charge in [-0.3, -0.25) is 80.9 Å². The van der Waals surface area contributed by atoms with Gasteiger partial charge >= 0.3 is 0 Å². The van der Waals surface area contributed by atoms with Gasteiger partial charge in [0, 0.05) is 193 Å². The zero-order valence-corrected chi connectivity index (χ0v) is 74.1. The molecule has 0 aromatic heterocycles. The van der Waals surface area contributed by atoms with Crippen molar-refractivity contribution in [2.24, 2.45) is 0 Å². The number of fused-ring (bicyclic) bond motifs is 8. The van der Waals surface area contributed by atoms with Gasteiger partial charge in [0.05, 0.1) is 39.4 Å². The van der Waals surface area contributed by atoms with Crippen LogP contribution < -0.4 is 80.4 Å². The second-order valence-corrected chi connectivity index (χ2v) is 31.0. The molecule has 12 aromatic rings. The molecule has 0 fully saturated rings. The van der Waals surface area contributed by atoms with E-state index in [-0.39, 0.29) is 242 Å². The molecule has 0 saturated carbocycles. The molecule has 8 bridgehead atoms. The maximum atomic E-state index is 12.4. The molecule has 136 heavy (non-hydrogen) atoms. The van der Waals surface area contributed by atoms with E-state index in [4.69, 9.17) is 37.9 Å². The van der Waals surface area contributed by atoms with Crippen LogP contribution in [0.15, 0.2) is 243 Å². The first-order valence-corrected chi connectivity index (χ1v) is 43.3.